The third kappa shape index (κ3) is 2.71. The summed E-state index contributed by atoms with van der Waals surface area (Å²) in [4.78, 5) is 14.3. The van der Waals surface area contributed by atoms with Crippen molar-refractivity contribution >= 4 is 18.0 Å². The molecule has 6 nitrogen and oxygen atoms in total. The molecule has 0 unspecified atom stereocenters. The Morgan fingerprint density at radius 2 is 1.78 bits per heavy atom. The maximum atomic E-state index is 10.8. The molecule has 0 radical (unpaired) electrons. The summed E-state index contributed by atoms with van der Waals surface area (Å²) >= 11 is 0. The van der Waals surface area contributed by atoms with Crippen molar-refractivity contribution in [2.24, 2.45) is 5.16 Å². The first kappa shape index (κ1) is 12.2. The minimum absolute atomic E-state index is 0.523. The van der Waals surface area contributed by atoms with E-state index in [1.54, 1.807) is 0 Å². The van der Waals surface area contributed by atoms with Crippen LogP contribution in [0.15, 0.2) is 29.4 Å². The second-order valence-corrected chi connectivity index (χ2v) is 4.09. The first-order chi connectivity index (χ1) is 8.70. The van der Waals surface area contributed by atoms with Crippen LogP contribution in [-0.4, -0.2) is 53.7 Å². The molecule has 0 saturated carbocycles. The van der Waals surface area contributed by atoms with Crippen molar-refractivity contribution in [3.8, 4) is 0 Å². The molecule has 18 heavy (non-hydrogen) atoms. The van der Waals surface area contributed by atoms with Crippen LogP contribution >= 0.6 is 0 Å². The summed E-state index contributed by atoms with van der Waals surface area (Å²) in [5.74, 6) is 0. The van der Waals surface area contributed by atoms with Gasteiger partial charge in [-0.05, 0) is 17.7 Å². The van der Waals surface area contributed by atoms with Gasteiger partial charge in [-0.2, -0.15) is 0 Å². The molecule has 0 aliphatic carbocycles. The zero-order valence-electron chi connectivity index (χ0n) is 9.86. The quantitative estimate of drug-likeness (QED) is 0.470. The van der Waals surface area contributed by atoms with Gasteiger partial charge < -0.3 is 20.1 Å². The number of carboxylic acid groups (broad SMARTS) is 1. The summed E-state index contributed by atoms with van der Waals surface area (Å²) in [5.41, 5.74) is 1.88. The number of piperazine rings is 1. The maximum absolute atomic E-state index is 10.8. The normalized spacial score (nSPS) is 16.2. The molecule has 0 bridgehead atoms. The van der Waals surface area contributed by atoms with Gasteiger partial charge in [0.05, 0.1) is 6.21 Å². The van der Waals surface area contributed by atoms with E-state index in [0.717, 1.165) is 11.3 Å². The van der Waals surface area contributed by atoms with Crippen molar-refractivity contribution in [1.29, 1.82) is 0 Å². The topological polar surface area (TPSA) is 76.4 Å². The molecule has 1 amide bonds. The van der Waals surface area contributed by atoms with E-state index >= 15 is 0 Å². The van der Waals surface area contributed by atoms with E-state index in [4.69, 9.17) is 10.3 Å². The smallest absolute Gasteiger partial charge is 0.407 e. The second kappa shape index (κ2) is 5.39. The van der Waals surface area contributed by atoms with Crippen LogP contribution in [-0.2, 0) is 0 Å². The van der Waals surface area contributed by atoms with Crippen molar-refractivity contribution in [2.45, 2.75) is 0 Å². The number of benzene rings is 1. The van der Waals surface area contributed by atoms with Crippen LogP contribution in [0.5, 0.6) is 0 Å². The van der Waals surface area contributed by atoms with Crippen molar-refractivity contribution in [3.63, 3.8) is 0 Å². The number of rotatable bonds is 2. The summed E-state index contributed by atoms with van der Waals surface area (Å²) in [6, 6.07) is 7.60. The number of oxime groups is 1. The molecule has 1 aliphatic heterocycles. The Labute approximate surface area is 105 Å². The van der Waals surface area contributed by atoms with Gasteiger partial charge in [-0.1, -0.05) is 17.3 Å². The van der Waals surface area contributed by atoms with E-state index in [9.17, 15) is 4.79 Å². The highest BCUT2D eigenvalue weighted by molar-refractivity contribution is 5.79. The molecule has 2 N–H and O–H groups in total. The maximum Gasteiger partial charge on any atom is 0.407 e. The summed E-state index contributed by atoms with van der Waals surface area (Å²) in [7, 11) is 0. The molecule has 96 valence electrons. The molecule has 1 heterocycles. The minimum atomic E-state index is -0.857. The predicted molar refractivity (Wildman–Crippen MR) is 67.6 cm³/mol. The largest absolute Gasteiger partial charge is 0.465 e. The van der Waals surface area contributed by atoms with Crippen molar-refractivity contribution in [1.82, 2.24) is 4.90 Å². The Balaban J connectivity index is 1.99. The number of hydrogen-bond donors (Lipinski definition) is 2. The zero-order valence-corrected chi connectivity index (χ0v) is 9.86. The first-order valence-electron chi connectivity index (χ1n) is 5.71. The summed E-state index contributed by atoms with van der Waals surface area (Å²) in [6.45, 7) is 2.43. The summed E-state index contributed by atoms with van der Waals surface area (Å²) in [6.07, 6.45) is 0.510. The van der Waals surface area contributed by atoms with E-state index in [-0.39, 0.29) is 0 Å². The SMILES string of the molecule is O=C(O)N1CCN(c2ccc(C=NO)cc2)CC1. The van der Waals surface area contributed by atoms with Gasteiger partial charge in [-0.15, -0.1) is 0 Å². The standard InChI is InChI=1S/C12H15N3O3/c16-12(17)15-7-5-14(6-8-15)11-3-1-10(2-4-11)9-13-18/h1-4,9,18H,5-8H2,(H,16,17). The van der Waals surface area contributed by atoms with Gasteiger partial charge in [-0.3, -0.25) is 0 Å². The molecule has 1 aromatic carbocycles. The predicted octanol–water partition coefficient (Wildman–Crippen LogP) is 1.29. The number of nitrogens with zero attached hydrogens (tertiary/aromatic N) is 3. The molecular formula is C12H15N3O3. The number of carbonyl (C=O) groups is 1. The van der Waals surface area contributed by atoms with E-state index in [2.05, 4.69) is 10.1 Å². The molecule has 0 atom stereocenters. The Kier molecular flexibility index (Phi) is 3.66. The molecule has 1 aromatic rings. The minimum Gasteiger partial charge on any atom is -0.465 e. The number of anilines is 1. The van der Waals surface area contributed by atoms with Gasteiger partial charge in [0.15, 0.2) is 0 Å². The lowest BCUT2D eigenvalue weighted by Crippen LogP contribution is -2.48. The Hall–Kier alpha value is -2.24. The molecule has 1 aliphatic rings. The molecule has 6 heteroatoms. The van der Waals surface area contributed by atoms with Gasteiger partial charge in [0.2, 0.25) is 0 Å². The lowest BCUT2D eigenvalue weighted by atomic mass is 10.2. The van der Waals surface area contributed by atoms with Gasteiger partial charge in [-0.25, -0.2) is 4.79 Å². The van der Waals surface area contributed by atoms with Gasteiger partial charge in [0, 0.05) is 31.9 Å². The Morgan fingerprint density at radius 1 is 1.17 bits per heavy atom. The molecule has 1 fully saturated rings. The van der Waals surface area contributed by atoms with Crippen LogP contribution in [0.1, 0.15) is 5.56 Å². The number of hydrogen-bond acceptors (Lipinski definition) is 4. The van der Waals surface area contributed by atoms with Crippen LogP contribution in [0.25, 0.3) is 0 Å². The van der Waals surface area contributed by atoms with Crippen LogP contribution in [0, 0.1) is 0 Å². The molecule has 0 aromatic heterocycles. The molecule has 2 rings (SSSR count). The van der Waals surface area contributed by atoms with Gasteiger partial charge >= 0.3 is 6.09 Å². The lowest BCUT2D eigenvalue weighted by molar-refractivity contribution is 0.142. The fourth-order valence-electron chi connectivity index (χ4n) is 1.99. The van der Waals surface area contributed by atoms with Gasteiger partial charge in [0.1, 0.15) is 0 Å². The molecule has 1 saturated heterocycles. The van der Waals surface area contributed by atoms with Crippen molar-refractivity contribution < 1.29 is 15.1 Å². The highest BCUT2D eigenvalue weighted by Crippen LogP contribution is 2.16. The molecular weight excluding hydrogens is 234 g/mol. The highest BCUT2D eigenvalue weighted by Gasteiger charge is 2.20. The van der Waals surface area contributed by atoms with Crippen LogP contribution in [0.2, 0.25) is 0 Å². The highest BCUT2D eigenvalue weighted by atomic mass is 16.4. The Bertz CT molecular complexity index is 436. The van der Waals surface area contributed by atoms with Crippen molar-refractivity contribution in [3.05, 3.63) is 29.8 Å². The fraction of sp³-hybridized carbons (Fsp3) is 0.333. The summed E-state index contributed by atoms with van der Waals surface area (Å²) in [5, 5.41) is 20.2. The first-order valence-corrected chi connectivity index (χ1v) is 5.71. The van der Waals surface area contributed by atoms with Crippen molar-refractivity contribution in [2.75, 3.05) is 31.1 Å². The van der Waals surface area contributed by atoms with Crippen LogP contribution in [0.3, 0.4) is 0 Å². The second-order valence-electron chi connectivity index (χ2n) is 4.09. The van der Waals surface area contributed by atoms with Crippen LogP contribution < -0.4 is 4.90 Å². The summed E-state index contributed by atoms with van der Waals surface area (Å²) < 4.78 is 0. The van der Waals surface area contributed by atoms with E-state index < -0.39 is 6.09 Å². The number of amides is 1. The van der Waals surface area contributed by atoms with E-state index in [1.165, 1.54) is 11.1 Å². The average Bonchev–Trinajstić information content (AvgIpc) is 2.40. The third-order valence-electron chi connectivity index (χ3n) is 3.02. The van der Waals surface area contributed by atoms with Gasteiger partial charge in [0.25, 0.3) is 0 Å². The zero-order chi connectivity index (χ0) is 13.0. The lowest BCUT2D eigenvalue weighted by Gasteiger charge is -2.34. The Morgan fingerprint density at radius 3 is 2.28 bits per heavy atom. The fourth-order valence-corrected chi connectivity index (χ4v) is 1.99. The van der Waals surface area contributed by atoms with E-state index in [0.29, 0.717) is 26.2 Å². The average molecular weight is 249 g/mol. The van der Waals surface area contributed by atoms with Crippen LogP contribution in [0.4, 0.5) is 10.5 Å². The third-order valence-corrected chi connectivity index (χ3v) is 3.02. The molecule has 0 spiro atoms. The van der Waals surface area contributed by atoms with E-state index in [1.807, 2.05) is 24.3 Å². The monoisotopic (exact) mass is 249 g/mol.